The van der Waals surface area contributed by atoms with Gasteiger partial charge in [-0.1, -0.05) is 32.3 Å². The number of benzene rings is 2. The number of ether oxygens (including phenoxy) is 1. The van der Waals surface area contributed by atoms with Crippen molar-refractivity contribution in [1.29, 1.82) is 0 Å². The Kier molecular flexibility index (Phi) is 7.43. The van der Waals surface area contributed by atoms with Gasteiger partial charge in [0.1, 0.15) is 5.75 Å². The summed E-state index contributed by atoms with van der Waals surface area (Å²) in [6.07, 6.45) is 7.14. The topological polar surface area (TPSA) is 46.5 Å². The van der Waals surface area contributed by atoms with Gasteiger partial charge >= 0.3 is 5.97 Å². The lowest BCUT2D eigenvalue weighted by atomic mass is 9.80. The number of aryl methyl sites for hydroxylation is 1. The van der Waals surface area contributed by atoms with Crippen LogP contribution in [0.5, 0.6) is 5.75 Å². The fourth-order valence-electron chi connectivity index (χ4n) is 4.02. The molecule has 0 amide bonds. The van der Waals surface area contributed by atoms with Crippen molar-refractivity contribution in [2.24, 2.45) is 5.92 Å². The number of thioether (sulfide) groups is 1. The van der Waals surface area contributed by atoms with E-state index >= 15 is 0 Å². The first-order chi connectivity index (χ1) is 13.6. The van der Waals surface area contributed by atoms with E-state index in [-0.39, 0.29) is 0 Å². The van der Waals surface area contributed by atoms with E-state index in [0.717, 1.165) is 18.6 Å². The first kappa shape index (κ1) is 20.8. The van der Waals surface area contributed by atoms with Gasteiger partial charge in [-0.15, -0.1) is 11.8 Å². The molecule has 0 saturated heterocycles. The molecule has 3 rings (SSSR count). The summed E-state index contributed by atoms with van der Waals surface area (Å²) in [5.74, 6) is 0.691. The molecule has 0 fully saturated rings. The zero-order valence-corrected chi connectivity index (χ0v) is 17.6. The van der Waals surface area contributed by atoms with Gasteiger partial charge in [0.15, 0.2) is 0 Å². The predicted molar refractivity (Wildman–Crippen MR) is 116 cm³/mol. The SMILES string of the molecule is CCCCCC1CCc2cc(C(=O)O)ccc2C1Sc1ccc(OCC)cc1. The molecular weight excluding hydrogens is 368 g/mol. The summed E-state index contributed by atoms with van der Waals surface area (Å²) >= 11 is 1.91. The molecule has 0 spiro atoms. The number of hydrogen-bond donors (Lipinski definition) is 1. The lowest BCUT2D eigenvalue weighted by Crippen LogP contribution is -2.19. The maximum absolute atomic E-state index is 11.4. The van der Waals surface area contributed by atoms with Gasteiger partial charge in [-0.2, -0.15) is 0 Å². The molecule has 0 radical (unpaired) electrons. The van der Waals surface area contributed by atoms with Crippen molar-refractivity contribution < 1.29 is 14.6 Å². The molecule has 2 unspecified atom stereocenters. The fourth-order valence-corrected chi connectivity index (χ4v) is 5.43. The molecule has 0 aliphatic heterocycles. The van der Waals surface area contributed by atoms with Crippen molar-refractivity contribution in [3.8, 4) is 5.75 Å². The van der Waals surface area contributed by atoms with Gasteiger partial charge in [0.25, 0.3) is 0 Å². The minimum atomic E-state index is -0.844. The second-order valence-electron chi connectivity index (χ2n) is 7.46. The van der Waals surface area contributed by atoms with Gasteiger partial charge in [0, 0.05) is 10.1 Å². The molecule has 3 nitrogen and oxygen atoms in total. The van der Waals surface area contributed by atoms with E-state index in [4.69, 9.17) is 4.74 Å². The average molecular weight is 399 g/mol. The van der Waals surface area contributed by atoms with Gasteiger partial charge in [0.2, 0.25) is 0 Å². The summed E-state index contributed by atoms with van der Waals surface area (Å²) in [6.45, 7) is 4.91. The van der Waals surface area contributed by atoms with Crippen LogP contribution in [0.3, 0.4) is 0 Å². The van der Waals surface area contributed by atoms with Crippen molar-refractivity contribution >= 4 is 17.7 Å². The summed E-state index contributed by atoms with van der Waals surface area (Å²) < 4.78 is 5.56. The summed E-state index contributed by atoms with van der Waals surface area (Å²) in [5, 5.41) is 9.71. The normalized spacial score (nSPS) is 18.5. The Hall–Kier alpha value is -1.94. The minimum absolute atomic E-state index is 0.376. The van der Waals surface area contributed by atoms with Gasteiger partial charge in [0.05, 0.1) is 12.2 Å². The van der Waals surface area contributed by atoms with Crippen LogP contribution in [0.4, 0.5) is 0 Å². The van der Waals surface area contributed by atoms with E-state index in [9.17, 15) is 9.90 Å². The molecule has 1 aliphatic rings. The van der Waals surface area contributed by atoms with E-state index in [1.54, 1.807) is 6.07 Å². The third kappa shape index (κ3) is 5.11. The second kappa shape index (κ2) is 10.0. The Labute approximate surface area is 172 Å². The van der Waals surface area contributed by atoms with Gasteiger partial charge in [-0.3, -0.25) is 0 Å². The molecule has 150 valence electrons. The molecule has 0 aromatic heterocycles. The molecule has 2 atom stereocenters. The maximum Gasteiger partial charge on any atom is 0.335 e. The Balaban J connectivity index is 1.84. The number of carbonyl (C=O) groups is 1. The maximum atomic E-state index is 11.4. The van der Waals surface area contributed by atoms with Gasteiger partial charge in [-0.25, -0.2) is 4.79 Å². The third-order valence-corrected chi connectivity index (χ3v) is 6.92. The highest BCUT2D eigenvalue weighted by molar-refractivity contribution is 7.99. The largest absolute Gasteiger partial charge is 0.494 e. The minimum Gasteiger partial charge on any atom is -0.494 e. The van der Waals surface area contributed by atoms with E-state index in [0.29, 0.717) is 23.3 Å². The highest BCUT2D eigenvalue weighted by Crippen LogP contribution is 2.49. The van der Waals surface area contributed by atoms with E-state index in [1.165, 1.54) is 41.7 Å². The smallest absolute Gasteiger partial charge is 0.335 e. The quantitative estimate of drug-likeness (QED) is 0.474. The van der Waals surface area contributed by atoms with Crippen LogP contribution in [0.15, 0.2) is 47.4 Å². The number of carboxylic acids is 1. The Bertz CT molecular complexity index is 785. The van der Waals surface area contributed by atoms with Crippen LogP contribution in [-0.4, -0.2) is 17.7 Å². The third-order valence-electron chi connectivity index (χ3n) is 5.49. The van der Waals surface area contributed by atoms with Crippen LogP contribution < -0.4 is 4.74 Å². The first-order valence-electron chi connectivity index (χ1n) is 10.4. The van der Waals surface area contributed by atoms with Crippen LogP contribution in [0.1, 0.15) is 72.7 Å². The molecule has 2 aromatic rings. The van der Waals surface area contributed by atoms with Crippen LogP contribution >= 0.6 is 11.8 Å². The first-order valence-corrected chi connectivity index (χ1v) is 11.3. The Morgan fingerprint density at radius 3 is 2.61 bits per heavy atom. The van der Waals surface area contributed by atoms with E-state index < -0.39 is 5.97 Å². The Morgan fingerprint density at radius 2 is 1.93 bits per heavy atom. The molecule has 0 heterocycles. The zero-order valence-electron chi connectivity index (χ0n) is 16.8. The van der Waals surface area contributed by atoms with Crippen molar-refractivity contribution in [2.45, 2.75) is 62.5 Å². The summed E-state index contributed by atoms with van der Waals surface area (Å²) in [4.78, 5) is 12.6. The molecule has 2 aromatic carbocycles. The van der Waals surface area contributed by atoms with E-state index in [1.807, 2.05) is 36.9 Å². The fraction of sp³-hybridized carbons (Fsp3) is 0.458. The second-order valence-corrected chi connectivity index (χ2v) is 8.67. The summed E-state index contributed by atoms with van der Waals surface area (Å²) in [5.41, 5.74) is 2.92. The summed E-state index contributed by atoms with van der Waals surface area (Å²) in [6, 6.07) is 14.0. The van der Waals surface area contributed by atoms with Crippen LogP contribution in [0.25, 0.3) is 0 Å². The molecule has 0 bridgehead atoms. The monoisotopic (exact) mass is 398 g/mol. The highest BCUT2D eigenvalue weighted by atomic mass is 32.2. The van der Waals surface area contributed by atoms with Crippen LogP contribution in [0.2, 0.25) is 0 Å². The van der Waals surface area contributed by atoms with Crippen molar-refractivity contribution in [3.63, 3.8) is 0 Å². The molecule has 0 saturated carbocycles. The number of carboxylic acid groups (broad SMARTS) is 1. The van der Waals surface area contributed by atoms with Gasteiger partial charge < -0.3 is 9.84 Å². The van der Waals surface area contributed by atoms with Crippen molar-refractivity contribution in [3.05, 3.63) is 59.2 Å². The standard InChI is InChI=1S/C24H30O3S/c1-3-5-6-7-17-8-9-18-16-19(24(25)26)10-15-22(18)23(17)28-21-13-11-20(12-14-21)27-4-2/h10-17,23H,3-9H2,1-2H3,(H,25,26). The number of hydrogen-bond acceptors (Lipinski definition) is 3. The van der Waals surface area contributed by atoms with E-state index in [2.05, 4.69) is 25.1 Å². The van der Waals surface area contributed by atoms with Crippen LogP contribution in [-0.2, 0) is 6.42 Å². The lowest BCUT2D eigenvalue weighted by Gasteiger charge is -2.34. The molecule has 4 heteroatoms. The van der Waals surface area contributed by atoms with Crippen LogP contribution in [0, 0.1) is 5.92 Å². The average Bonchev–Trinajstić information content (AvgIpc) is 2.70. The number of fused-ring (bicyclic) bond motifs is 1. The molecule has 28 heavy (non-hydrogen) atoms. The highest BCUT2D eigenvalue weighted by Gasteiger charge is 2.30. The molecular formula is C24H30O3S. The number of unbranched alkanes of at least 4 members (excludes halogenated alkanes) is 2. The van der Waals surface area contributed by atoms with Gasteiger partial charge in [-0.05, 0) is 79.6 Å². The van der Waals surface area contributed by atoms with Crippen molar-refractivity contribution in [2.75, 3.05) is 6.61 Å². The number of rotatable bonds is 9. The summed E-state index contributed by atoms with van der Waals surface area (Å²) in [7, 11) is 0. The molecule has 1 aliphatic carbocycles. The van der Waals surface area contributed by atoms with Crippen molar-refractivity contribution in [1.82, 2.24) is 0 Å². The lowest BCUT2D eigenvalue weighted by molar-refractivity contribution is 0.0696. The Morgan fingerprint density at radius 1 is 1.14 bits per heavy atom. The number of aromatic carboxylic acids is 1. The molecule has 1 N–H and O–H groups in total. The predicted octanol–water partition coefficient (Wildman–Crippen LogP) is 6.76. The zero-order chi connectivity index (χ0) is 19.9.